The summed E-state index contributed by atoms with van der Waals surface area (Å²) in [6.45, 7) is 9.90. The van der Waals surface area contributed by atoms with Gasteiger partial charge in [0, 0.05) is 26.1 Å². The Labute approximate surface area is 114 Å². The second-order valence-corrected chi connectivity index (χ2v) is 5.34. The molecule has 0 spiro atoms. The molecular formula is C13H24N4O2. The average Bonchev–Trinajstić information content (AvgIpc) is 2.82. The molecule has 6 nitrogen and oxygen atoms in total. The molecule has 0 aliphatic rings. The largest absolute Gasteiger partial charge is 0.383 e. The number of nitrogens with zero attached hydrogens (tertiary/aromatic N) is 3. The smallest absolute Gasteiger partial charge is 0.293 e. The van der Waals surface area contributed by atoms with Gasteiger partial charge < -0.3 is 9.64 Å². The van der Waals surface area contributed by atoms with Gasteiger partial charge >= 0.3 is 0 Å². The second kappa shape index (κ2) is 7.23. The number of hydrogen-bond acceptors (Lipinski definition) is 4. The van der Waals surface area contributed by atoms with E-state index in [0.717, 1.165) is 5.82 Å². The number of rotatable bonds is 7. The Morgan fingerprint density at radius 1 is 1.37 bits per heavy atom. The number of carbonyl (C=O) groups excluding carboxylic acids is 1. The van der Waals surface area contributed by atoms with Crippen LogP contribution in [0.15, 0.2) is 0 Å². The minimum Gasteiger partial charge on any atom is -0.383 e. The molecule has 0 unspecified atom stereocenters. The van der Waals surface area contributed by atoms with Gasteiger partial charge in [-0.05, 0) is 5.92 Å². The number of hydrogen-bond donors (Lipinski definition) is 1. The van der Waals surface area contributed by atoms with Crippen LogP contribution in [0.2, 0.25) is 0 Å². The van der Waals surface area contributed by atoms with Crippen LogP contribution >= 0.6 is 0 Å². The van der Waals surface area contributed by atoms with Gasteiger partial charge in [0.15, 0.2) is 0 Å². The van der Waals surface area contributed by atoms with Crippen molar-refractivity contribution in [2.45, 2.75) is 33.6 Å². The Balaban J connectivity index is 2.78. The van der Waals surface area contributed by atoms with Crippen LogP contribution < -0.4 is 0 Å². The van der Waals surface area contributed by atoms with Crippen LogP contribution in [0.3, 0.4) is 0 Å². The van der Waals surface area contributed by atoms with Crippen molar-refractivity contribution < 1.29 is 9.53 Å². The van der Waals surface area contributed by atoms with Crippen LogP contribution in [-0.2, 0) is 4.74 Å². The van der Waals surface area contributed by atoms with Gasteiger partial charge in [0.1, 0.15) is 5.82 Å². The molecule has 1 amide bonds. The third-order valence-electron chi connectivity index (χ3n) is 2.68. The number of nitrogens with one attached hydrogen (secondary N) is 1. The fourth-order valence-corrected chi connectivity index (χ4v) is 1.69. The molecule has 0 radical (unpaired) electrons. The van der Waals surface area contributed by atoms with Crippen molar-refractivity contribution >= 4 is 5.91 Å². The minimum absolute atomic E-state index is 0.145. The van der Waals surface area contributed by atoms with Gasteiger partial charge in [-0.15, -0.1) is 5.10 Å². The standard InChI is InChI=1S/C13H24N4O2/c1-9(2)8-17(6-7-19-5)13(18)12-14-11(10(3)4)15-16-12/h9-10H,6-8H2,1-5H3,(H,14,15,16). The Kier molecular flexibility index (Phi) is 5.95. The highest BCUT2D eigenvalue weighted by molar-refractivity contribution is 5.90. The summed E-state index contributed by atoms with van der Waals surface area (Å²) in [4.78, 5) is 18.3. The zero-order valence-electron chi connectivity index (χ0n) is 12.4. The van der Waals surface area contributed by atoms with E-state index in [1.165, 1.54) is 0 Å². The summed E-state index contributed by atoms with van der Waals surface area (Å²) in [5.74, 6) is 1.45. The Morgan fingerprint density at radius 3 is 2.53 bits per heavy atom. The van der Waals surface area contributed by atoms with Crippen LogP contribution in [0.4, 0.5) is 0 Å². The molecule has 1 heterocycles. The summed E-state index contributed by atoms with van der Waals surface area (Å²) in [5.41, 5.74) is 0. The van der Waals surface area contributed by atoms with E-state index in [9.17, 15) is 4.79 Å². The normalized spacial score (nSPS) is 11.3. The van der Waals surface area contributed by atoms with Gasteiger partial charge in [0.2, 0.25) is 5.82 Å². The van der Waals surface area contributed by atoms with Gasteiger partial charge in [0.25, 0.3) is 5.91 Å². The number of carbonyl (C=O) groups is 1. The highest BCUT2D eigenvalue weighted by Crippen LogP contribution is 2.10. The van der Waals surface area contributed by atoms with Gasteiger partial charge in [-0.1, -0.05) is 27.7 Å². The zero-order valence-corrected chi connectivity index (χ0v) is 12.4. The summed E-state index contributed by atoms with van der Waals surface area (Å²) in [5, 5.41) is 6.82. The molecule has 1 N–H and O–H groups in total. The lowest BCUT2D eigenvalue weighted by atomic mass is 10.2. The van der Waals surface area contributed by atoms with E-state index in [1.807, 2.05) is 13.8 Å². The van der Waals surface area contributed by atoms with E-state index in [1.54, 1.807) is 12.0 Å². The molecule has 19 heavy (non-hydrogen) atoms. The SMILES string of the molecule is COCCN(CC(C)C)C(=O)c1n[nH]c(C(C)C)n1. The molecule has 1 aromatic rings. The quantitative estimate of drug-likeness (QED) is 0.816. The first-order chi connectivity index (χ1) is 8.95. The van der Waals surface area contributed by atoms with Gasteiger partial charge in [-0.3, -0.25) is 9.89 Å². The summed E-state index contributed by atoms with van der Waals surface area (Å²) in [6.07, 6.45) is 0. The molecule has 1 rings (SSSR count). The first-order valence-electron chi connectivity index (χ1n) is 6.66. The maximum atomic E-state index is 12.3. The molecule has 0 saturated heterocycles. The maximum absolute atomic E-state index is 12.3. The highest BCUT2D eigenvalue weighted by Gasteiger charge is 2.21. The summed E-state index contributed by atoms with van der Waals surface area (Å²) in [7, 11) is 1.63. The van der Waals surface area contributed by atoms with E-state index < -0.39 is 0 Å². The molecule has 0 atom stereocenters. The monoisotopic (exact) mass is 268 g/mol. The van der Waals surface area contributed by atoms with E-state index >= 15 is 0 Å². The van der Waals surface area contributed by atoms with Crippen molar-refractivity contribution in [3.8, 4) is 0 Å². The summed E-state index contributed by atoms with van der Waals surface area (Å²) >= 11 is 0. The molecule has 0 saturated carbocycles. The summed E-state index contributed by atoms with van der Waals surface area (Å²) < 4.78 is 5.04. The summed E-state index contributed by atoms with van der Waals surface area (Å²) in [6, 6.07) is 0. The topological polar surface area (TPSA) is 71.1 Å². The molecule has 0 aliphatic carbocycles. The highest BCUT2D eigenvalue weighted by atomic mass is 16.5. The Bertz CT molecular complexity index is 401. The van der Waals surface area contributed by atoms with Crippen LogP contribution in [0.5, 0.6) is 0 Å². The Hall–Kier alpha value is -1.43. The third-order valence-corrected chi connectivity index (χ3v) is 2.68. The van der Waals surface area contributed by atoms with Gasteiger partial charge in [-0.2, -0.15) is 0 Å². The van der Waals surface area contributed by atoms with Crippen molar-refractivity contribution in [3.05, 3.63) is 11.6 Å². The first kappa shape index (κ1) is 15.6. The number of aromatic amines is 1. The van der Waals surface area contributed by atoms with Gasteiger partial charge in [-0.25, -0.2) is 4.98 Å². The lowest BCUT2D eigenvalue weighted by Gasteiger charge is -2.22. The molecule has 6 heteroatoms. The minimum atomic E-state index is -0.145. The number of ether oxygens (including phenoxy) is 1. The van der Waals surface area contributed by atoms with Crippen molar-refractivity contribution in [1.29, 1.82) is 0 Å². The van der Waals surface area contributed by atoms with Crippen molar-refractivity contribution in [2.24, 2.45) is 5.92 Å². The van der Waals surface area contributed by atoms with Crippen molar-refractivity contribution in [3.63, 3.8) is 0 Å². The fraction of sp³-hybridized carbons (Fsp3) is 0.769. The zero-order chi connectivity index (χ0) is 14.4. The molecule has 0 aliphatic heterocycles. The third kappa shape index (κ3) is 4.63. The van der Waals surface area contributed by atoms with Crippen molar-refractivity contribution in [2.75, 3.05) is 26.8 Å². The lowest BCUT2D eigenvalue weighted by Crippen LogP contribution is -2.37. The first-order valence-corrected chi connectivity index (χ1v) is 6.66. The van der Waals surface area contributed by atoms with Crippen LogP contribution in [0.25, 0.3) is 0 Å². The number of methoxy groups -OCH3 is 1. The Morgan fingerprint density at radius 2 is 2.05 bits per heavy atom. The predicted molar refractivity (Wildman–Crippen MR) is 73.1 cm³/mol. The number of H-pyrrole nitrogens is 1. The number of amides is 1. The molecular weight excluding hydrogens is 244 g/mol. The lowest BCUT2D eigenvalue weighted by molar-refractivity contribution is 0.0660. The fourth-order valence-electron chi connectivity index (χ4n) is 1.69. The molecule has 0 fully saturated rings. The number of aromatic nitrogens is 3. The maximum Gasteiger partial charge on any atom is 0.293 e. The molecule has 0 aromatic carbocycles. The molecule has 1 aromatic heterocycles. The van der Waals surface area contributed by atoms with Crippen LogP contribution in [0, 0.1) is 5.92 Å². The average molecular weight is 268 g/mol. The second-order valence-electron chi connectivity index (χ2n) is 5.34. The van der Waals surface area contributed by atoms with E-state index in [2.05, 4.69) is 29.0 Å². The van der Waals surface area contributed by atoms with Gasteiger partial charge in [0.05, 0.1) is 6.61 Å². The van der Waals surface area contributed by atoms with E-state index in [4.69, 9.17) is 4.74 Å². The molecule has 0 bridgehead atoms. The van der Waals surface area contributed by atoms with Crippen LogP contribution in [-0.4, -0.2) is 52.8 Å². The van der Waals surface area contributed by atoms with Crippen LogP contribution in [0.1, 0.15) is 50.1 Å². The van der Waals surface area contributed by atoms with E-state index in [-0.39, 0.29) is 17.6 Å². The predicted octanol–water partition coefficient (Wildman–Crippen LogP) is 1.67. The molecule has 108 valence electrons. The van der Waals surface area contributed by atoms with E-state index in [0.29, 0.717) is 25.6 Å². The van der Waals surface area contributed by atoms with Crippen molar-refractivity contribution in [1.82, 2.24) is 20.1 Å².